The average Bonchev–Trinajstić information content (AvgIpc) is 2.74. The SMILES string of the molecule is C=C(C)CN(CC)Cc1oc2ccccc2c1CN. The summed E-state index contributed by atoms with van der Waals surface area (Å²) < 4.78 is 5.95. The fourth-order valence-corrected chi connectivity index (χ4v) is 2.37. The number of furan rings is 1. The summed E-state index contributed by atoms with van der Waals surface area (Å²) in [5.41, 5.74) is 9.08. The van der Waals surface area contributed by atoms with E-state index in [1.54, 1.807) is 0 Å². The van der Waals surface area contributed by atoms with E-state index in [4.69, 9.17) is 10.2 Å². The molecule has 1 aromatic carbocycles. The first-order valence-electron chi connectivity index (χ1n) is 6.71. The topological polar surface area (TPSA) is 42.4 Å². The molecule has 0 unspecified atom stereocenters. The molecule has 0 spiro atoms. The molecular weight excluding hydrogens is 236 g/mol. The molecule has 2 N–H and O–H groups in total. The second-order valence-electron chi connectivity index (χ2n) is 4.96. The zero-order valence-corrected chi connectivity index (χ0v) is 11.8. The molecule has 0 aliphatic carbocycles. The maximum Gasteiger partial charge on any atom is 0.134 e. The predicted octanol–water partition coefficient (Wildman–Crippen LogP) is 3.29. The van der Waals surface area contributed by atoms with Gasteiger partial charge in [-0.05, 0) is 19.5 Å². The summed E-state index contributed by atoms with van der Waals surface area (Å²) in [6.07, 6.45) is 0. The Labute approximate surface area is 114 Å². The van der Waals surface area contributed by atoms with Crippen LogP contribution >= 0.6 is 0 Å². The van der Waals surface area contributed by atoms with Gasteiger partial charge in [-0.25, -0.2) is 0 Å². The number of likely N-dealkylation sites (N-methyl/N-ethyl adjacent to an activating group) is 1. The normalized spacial score (nSPS) is 11.4. The van der Waals surface area contributed by atoms with Crippen molar-refractivity contribution in [2.24, 2.45) is 5.73 Å². The number of para-hydroxylation sites is 1. The van der Waals surface area contributed by atoms with Gasteiger partial charge < -0.3 is 10.2 Å². The van der Waals surface area contributed by atoms with Crippen molar-refractivity contribution in [1.82, 2.24) is 4.90 Å². The highest BCUT2D eigenvalue weighted by Gasteiger charge is 2.15. The first-order valence-corrected chi connectivity index (χ1v) is 6.71. The minimum atomic E-state index is 0.511. The van der Waals surface area contributed by atoms with Crippen LogP contribution in [-0.2, 0) is 13.1 Å². The molecule has 102 valence electrons. The summed E-state index contributed by atoms with van der Waals surface area (Å²) in [4.78, 5) is 2.30. The average molecular weight is 258 g/mol. The Hall–Kier alpha value is -1.58. The molecule has 1 aromatic heterocycles. The molecule has 0 fully saturated rings. The van der Waals surface area contributed by atoms with Crippen LogP contribution in [-0.4, -0.2) is 18.0 Å². The number of fused-ring (bicyclic) bond motifs is 1. The maximum atomic E-state index is 5.95. The molecule has 3 heteroatoms. The molecular formula is C16H22N2O. The number of nitrogens with two attached hydrogens (primary N) is 1. The molecule has 0 aliphatic heterocycles. The molecule has 0 bridgehead atoms. The van der Waals surface area contributed by atoms with Gasteiger partial charge in [-0.1, -0.05) is 37.3 Å². The lowest BCUT2D eigenvalue weighted by Gasteiger charge is -2.19. The van der Waals surface area contributed by atoms with Crippen LogP contribution in [0, 0.1) is 0 Å². The van der Waals surface area contributed by atoms with E-state index in [9.17, 15) is 0 Å². The van der Waals surface area contributed by atoms with E-state index in [1.807, 2.05) is 25.1 Å². The molecule has 0 atom stereocenters. The van der Waals surface area contributed by atoms with Crippen molar-refractivity contribution in [3.05, 3.63) is 47.7 Å². The zero-order valence-electron chi connectivity index (χ0n) is 11.8. The van der Waals surface area contributed by atoms with Crippen molar-refractivity contribution in [2.45, 2.75) is 26.9 Å². The first kappa shape index (κ1) is 13.8. The lowest BCUT2D eigenvalue weighted by molar-refractivity contribution is 0.278. The van der Waals surface area contributed by atoms with Gasteiger partial charge in [0.25, 0.3) is 0 Å². The third-order valence-electron chi connectivity index (χ3n) is 3.29. The Bertz CT molecular complexity index is 571. The lowest BCUT2D eigenvalue weighted by Crippen LogP contribution is -2.25. The van der Waals surface area contributed by atoms with Crippen LogP contribution in [0.1, 0.15) is 25.2 Å². The van der Waals surface area contributed by atoms with Gasteiger partial charge in [-0.2, -0.15) is 0 Å². The van der Waals surface area contributed by atoms with Gasteiger partial charge in [0.05, 0.1) is 6.54 Å². The second kappa shape index (κ2) is 6.04. The van der Waals surface area contributed by atoms with Crippen molar-refractivity contribution in [2.75, 3.05) is 13.1 Å². The predicted molar refractivity (Wildman–Crippen MR) is 79.9 cm³/mol. The number of hydrogen-bond acceptors (Lipinski definition) is 3. The van der Waals surface area contributed by atoms with E-state index in [0.717, 1.165) is 47.5 Å². The molecule has 3 nitrogen and oxygen atoms in total. The Morgan fingerprint density at radius 2 is 2.11 bits per heavy atom. The highest BCUT2D eigenvalue weighted by atomic mass is 16.3. The van der Waals surface area contributed by atoms with E-state index in [2.05, 4.69) is 24.5 Å². The zero-order chi connectivity index (χ0) is 13.8. The third-order valence-corrected chi connectivity index (χ3v) is 3.29. The molecule has 2 rings (SSSR count). The molecule has 0 saturated carbocycles. The van der Waals surface area contributed by atoms with Crippen LogP contribution in [0.15, 0.2) is 40.8 Å². The second-order valence-corrected chi connectivity index (χ2v) is 4.96. The molecule has 19 heavy (non-hydrogen) atoms. The minimum Gasteiger partial charge on any atom is -0.459 e. The number of hydrogen-bond donors (Lipinski definition) is 1. The fraction of sp³-hybridized carbons (Fsp3) is 0.375. The minimum absolute atomic E-state index is 0.511. The van der Waals surface area contributed by atoms with E-state index in [-0.39, 0.29) is 0 Å². The summed E-state index contributed by atoms with van der Waals surface area (Å²) in [5.74, 6) is 0.979. The molecule has 0 aliphatic rings. The molecule has 0 amide bonds. The fourth-order valence-electron chi connectivity index (χ4n) is 2.37. The summed E-state index contributed by atoms with van der Waals surface area (Å²) in [6.45, 7) is 11.3. The number of rotatable bonds is 6. The summed E-state index contributed by atoms with van der Waals surface area (Å²) in [7, 11) is 0. The van der Waals surface area contributed by atoms with E-state index < -0.39 is 0 Å². The van der Waals surface area contributed by atoms with Crippen molar-refractivity contribution >= 4 is 11.0 Å². The molecule has 0 saturated heterocycles. The van der Waals surface area contributed by atoms with Gasteiger partial charge in [0.1, 0.15) is 11.3 Å². The van der Waals surface area contributed by atoms with Gasteiger partial charge >= 0.3 is 0 Å². The molecule has 0 radical (unpaired) electrons. The van der Waals surface area contributed by atoms with E-state index in [0.29, 0.717) is 6.54 Å². The Balaban J connectivity index is 2.31. The smallest absolute Gasteiger partial charge is 0.134 e. The van der Waals surface area contributed by atoms with Crippen LogP contribution in [0.4, 0.5) is 0 Å². The monoisotopic (exact) mass is 258 g/mol. The molecule has 1 heterocycles. The van der Waals surface area contributed by atoms with Crippen LogP contribution in [0.2, 0.25) is 0 Å². The van der Waals surface area contributed by atoms with E-state index in [1.165, 1.54) is 0 Å². The Kier molecular flexibility index (Phi) is 4.40. The highest BCUT2D eigenvalue weighted by molar-refractivity contribution is 5.82. The lowest BCUT2D eigenvalue weighted by atomic mass is 10.1. The van der Waals surface area contributed by atoms with Crippen LogP contribution in [0.5, 0.6) is 0 Å². The van der Waals surface area contributed by atoms with Gasteiger partial charge in [0.2, 0.25) is 0 Å². The quantitative estimate of drug-likeness (QED) is 0.808. The van der Waals surface area contributed by atoms with Gasteiger partial charge in [-0.15, -0.1) is 0 Å². The first-order chi connectivity index (χ1) is 9.15. The Morgan fingerprint density at radius 3 is 2.74 bits per heavy atom. The van der Waals surface area contributed by atoms with Crippen molar-refractivity contribution in [1.29, 1.82) is 0 Å². The summed E-state index contributed by atoms with van der Waals surface area (Å²) in [5, 5.41) is 1.13. The highest BCUT2D eigenvalue weighted by Crippen LogP contribution is 2.26. The Morgan fingerprint density at radius 1 is 1.37 bits per heavy atom. The van der Waals surface area contributed by atoms with Crippen LogP contribution in [0.3, 0.4) is 0 Å². The number of benzene rings is 1. The third kappa shape index (κ3) is 3.06. The van der Waals surface area contributed by atoms with E-state index >= 15 is 0 Å². The summed E-state index contributed by atoms with van der Waals surface area (Å²) >= 11 is 0. The number of nitrogens with zero attached hydrogens (tertiary/aromatic N) is 1. The maximum absolute atomic E-state index is 5.95. The van der Waals surface area contributed by atoms with Crippen LogP contribution < -0.4 is 5.73 Å². The summed E-state index contributed by atoms with van der Waals surface area (Å²) in [6, 6.07) is 8.07. The van der Waals surface area contributed by atoms with Crippen molar-refractivity contribution < 1.29 is 4.42 Å². The van der Waals surface area contributed by atoms with Crippen LogP contribution in [0.25, 0.3) is 11.0 Å². The van der Waals surface area contributed by atoms with Gasteiger partial charge in [0, 0.05) is 24.0 Å². The van der Waals surface area contributed by atoms with Crippen molar-refractivity contribution in [3.8, 4) is 0 Å². The van der Waals surface area contributed by atoms with Gasteiger partial charge in [-0.3, -0.25) is 4.90 Å². The van der Waals surface area contributed by atoms with Gasteiger partial charge in [0.15, 0.2) is 0 Å². The van der Waals surface area contributed by atoms with Crippen molar-refractivity contribution in [3.63, 3.8) is 0 Å². The largest absolute Gasteiger partial charge is 0.459 e. The molecule has 2 aromatic rings. The standard InChI is InChI=1S/C16H22N2O/c1-4-18(10-12(2)3)11-16-14(9-17)13-7-5-6-8-15(13)19-16/h5-8H,2,4,9-11,17H2,1,3H3.